The number of aliphatic imine (C=N–C) groups is 7. The topological polar surface area (TPSA) is 232 Å². The van der Waals surface area contributed by atoms with Crippen LogP contribution in [0.15, 0.2) is 259 Å². The Morgan fingerprint density at radius 2 is 0.692 bits per heavy atom. The third-order valence-electron chi connectivity index (χ3n) is 17.3. The van der Waals surface area contributed by atoms with Crippen molar-refractivity contribution in [1.82, 2.24) is 0 Å². The van der Waals surface area contributed by atoms with Crippen molar-refractivity contribution in [2.24, 2.45) is 46.3 Å². The summed E-state index contributed by atoms with van der Waals surface area (Å²) < 4.78 is 54.6. The molecule has 0 N–H and O–H groups in total. The molecule has 9 aromatic carbocycles. The summed E-state index contributed by atoms with van der Waals surface area (Å²) in [5, 5.41) is 0. The lowest BCUT2D eigenvalue weighted by Gasteiger charge is -2.24. The number of hydrogen-bond acceptors (Lipinski definition) is 16. The first-order chi connectivity index (χ1) is 51.2. The van der Waals surface area contributed by atoms with Crippen LogP contribution < -0.4 is 0 Å². The Labute approximate surface area is 616 Å². The predicted molar refractivity (Wildman–Crippen MR) is 409 cm³/mol. The molecular formula is C87H75F4N7O9. The SMILES string of the molecule is CC(C)(C)C1=Nc2ccccc2CC1=O.CC(C)C1=Nc2ccccc2CC1=O.CC1=Nc2ccccc2CC1=O.CCOC(=O)C1=Nc2ccccc2CC1=O.O=C1Cc2ccccc2N=C1C(F)(F)F.O=C1Cc2ccccc2N=C1c1ccc(F)cc1.O=C1Cc2ccccc2N=C1c1ccccc1. The van der Waals surface area contributed by atoms with Crippen LogP contribution in [0, 0.1) is 17.2 Å². The maximum Gasteiger partial charge on any atom is 0.436 e. The first-order valence-corrected chi connectivity index (χ1v) is 34.6. The Hall–Kier alpha value is -12.5. The average molecular weight is 1440 g/mol. The Bertz CT molecular complexity index is 5090. The van der Waals surface area contributed by atoms with Gasteiger partial charge in [-0.2, -0.15) is 13.2 Å². The second-order valence-corrected chi connectivity index (χ2v) is 26.6. The van der Waals surface area contributed by atoms with E-state index in [2.05, 4.69) is 34.9 Å². The number of hydrogen-bond donors (Lipinski definition) is 0. The minimum atomic E-state index is -4.66. The van der Waals surface area contributed by atoms with Crippen LogP contribution in [-0.2, 0) is 88.0 Å². The normalized spacial score (nSPS) is 14.9. The number of rotatable bonds is 5. The van der Waals surface area contributed by atoms with Crippen LogP contribution in [-0.4, -0.2) is 99.2 Å². The highest BCUT2D eigenvalue weighted by Gasteiger charge is 2.42. The Kier molecular flexibility index (Phi) is 25.2. The molecule has 0 saturated heterocycles. The molecule has 0 atom stereocenters. The molecule has 0 spiro atoms. The molecule has 540 valence electrons. The molecule has 0 amide bonds. The third kappa shape index (κ3) is 20.1. The summed E-state index contributed by atoms with van der Waals surface area (Å²) in [6.45, 7) is 13.8. The summed E-state index contributed by atoms with van der Waals surface area (Å²) in [5.74, 6) is -1.47. The minimum absolute atomic E-state index is 0.0275. The van der Waals surface area contributed by atoms with Gasteiger partial charge in [0, 0.05) is 61.5 Å². The molecule has 16 nitrogen and oxygen atoms in total. The fraction of sp³-hybridized carbons (Fsp3) is 0.207. The smallest absolute Gasteiger partial charge is 0.436 e. The van der Waals surface area contributed by atoms with E-state index in [-0.39, 0.29) is 82.7 Å². The van der Waals surface area contributed by atoms with Gasteiger partial charge in [-0.05, 0) is 125 Å². The molecule has 0 unspecified atom stereocenters. The number of carbonyl (C=O) groups excluding carboxylic acids is 8. The van der Waals surface area contributed by atoms with Crippen molar-refractivity contribution < 1.29 is 60.7 Å². The number of Topliss-reactive ketones (excluding diaryl/α,β-unsaturated/α-hetero) is 7. The summed E-state index contributed by atoms with van der Waals surface area (Å²) in [6.07, 6.45) is -2.37. The highest BCUT2D eigenvalue weighted by atomic mass is 19.4. The molecule has 0 aromatic heterocycles. The molecule has 7 aliphatic rings. The third-order valence-corrected chi connectivity index (χ3v) is 17.3. The molecule has 0 saturated carbocycles. The molecule has 0 aliphatic carbocycles. The monoisotopic (exact) mass is 1440 g/mol. The van der Waals surface area contributed by atoms with Gasteiger partial charge in [0.2, 0.25) is 0 Å². The van der Waals surface area contributed by atoms with E-state index in [1.807, 2.05) is 204 Å². The van der Waals surface area contributed by atoms with Gasteiger partial charge in [-0.15, -0.1) is 0 Å². The number of nitrogens with zero attached hydrogens (tertiary/aromatic N) is 7. The number of para-hydroxylation sites is 7. The van der Waals surface area contributed by atoms with Gasteiger partial charge >= 0.3 is 12.1 Å². The number of alkyl halides is 3. The fourth-order valence-corrected chi connectivity index (χ4v) is 11.9. The van der Waals surface area contributed by atoms with E-state index in [0.717, 1.165) is 67.4 Å². The molecule has 7 heterocycles. The van der Waals surface area contributed by atoms with Crippen molar-refractivity contribution in [3.63, 3.8) is 0 Å². The molecule has 107 heavy (non-hydrogen) atoms. The lowest BCUT2D eigenvalue weighted by atomic mass is 9.83. The Balaban J connectivity index is 0.000000134. The quantitative estimate of drug-likeness (QED) is 0.118. The fourth-order valence-electron chi connectivity index (χ4n) is 11.9. The minimum Gasteiger partial charge on any atom is -0.461 e. The van der Waals surface area contributed by atoms with Crippen molar-refractivity contribution in [3.8, 4) is 0 Å². The number of carbonyl (C=O) groups is 8. The summed E-state index contributed by atoms with van der Waals surface area (Å²) in [5.41, 5.74) is 14.9. The van der Waals surface area contributed by atoms with E-state index in [0.29, 0.717) is 77.5 Å². The van der Waals surface area contributed by atoms with Crippen LogP contribution in [0.2, 0.25) is 0 Å². The van der Waals surface area contributed by atoms with Crippen molar-refractivity contribution in [2.75, 3.05) is 6.61 Å². The van der Waals surface area contributed by atoms with Crippen LogP contribution in [0.25, 0.3) is 0 Å². The van der Waals surface area contributed by atoms with Gasteiger partial charge in [-0.25, -0.2) is 44.1 Å². The van der Waals surface area contributed by atoms with Gasteiger partial charge < -0.3 is 4.74 Å². The van der Waals surface area contributed by atoms with Crippen LogP contribution in [0.3, 0.4) is 0 Å². The number of fused-ring (bicyclic) bond motifs is 7. The van der Waals surface area contributed by atoms with Gasteiger partial charge in [0.05, 0.1) is 63.6 Å². The zero-order chi connectivity index (χ0) is 76.5. The van der Waals surface area contributed by atoms with Crippen molar-refractivity contribution in [2.45, 2.75) is 99.6 Å². The molecule has 7 aliphatic heterocycles. The van der Waals surface area contributed by atoms with Crippen LogP contribution in [0.1, 0.15) is 98.5 Å². The number of ether oxygens (including phenoxy) is 1. The van der Waals surface area contributed by atoms with Crippen molar-refractivity contribution >= 4 is 126 Å². The number of esters is 1. The molecular weight excluding hydrogens is 1360 g/mol. The second-order valence-electron chi connectivity index (χ2n) is 26.6. The molecule has 9 aromatic rings. The van der Waals surface area contributed by atoms with Gasteiger partial charge in [-0.1, -0.05) is 192 Å². The van der Waals surface area contributed by atoms with E-state index >= 15 is 0 Å². The standard InChI is InChI=1S/C15H10FNO.C15H11NO.C13H15NO.C12H11NO3.C12H13NO.C10H6F3NO.C10H9NO/c16-12-7-5-10(6-8-12)15-14(18)9-11-3-1-2-4-13(11)17-15;17-14-10-12-8-4-5-9-13(12)16-15(14)11-6-2-1-3-7-11;1-13(2,3)12-11(15)8-9-6-4-5-7-10(9)14-12;1-2-16-12(15)11-10(14)7-8-5-3-4-6-9(8)13-11;1-8(2)12-11(14)7-9-5-3-4-6-10(9)13-12;11-10(12,13)9-8(15)5-6-3-1-2-4-7(6)14-9;1-7-10(12)6-8-4-2-3-5-9(8)11-7/h1-8H,9H2;1-9H,10H2;4-7H,8H2,1-3H3;3-6H,2,7H2,1H3;3-6,8H,7H2,1-2H3;1-4H,5H2;2-5H,6H2,1H3. The maximum absolute atomic E-state index is 12.9. The van der Waals surface area contributed by atoms with Gasteiger partial charge in [-0.3, -0.25) is 33.6 Å². The second kappa shape index (κ2) is 34.9. The van der Waals surface area contributed by atoms with Crippen molar-refractivity contribution in [3.05, 3.63) is 280 Å². The average Bonchev–Trinajstić information content (AvgIpc) is 0.815. The number of halogens is 4. The molecule has 16 rings (SSSR count). The van der Waals surface area contributed by atoms with Gasteiger partial charge in [0.25, 0.3) is 0 Å². The first kappa shape index (κ1) is 77.2. The lowest BCUT2D eigenvalue weighted by molar-refractivity contribution is -0.136. The lowest BCUT2D eigenvalue weighted by Crippen LogP contribution is -2.33. The highest BCUT2D eigenvalue weighted by Crippen LogP contribution is 2.34. The van der Waals surface area contributed by atoms with E-state index in [9.17, 15) is 55.9 Å². The first-order valence-electron chi connectivity index (χ1n) is 34.6. The van der Waals surface area contributed by atoms with Crippen molar-refractivity contribution in [1.29, 1.82) is 0 Å². The summed E-state index contributed by atoms with van der Waals surface area (Å²) in [4.78, 5) is 122. The van der Waals surface area contributed by atoms with Gasteiger partial charge in [0.1, 0.15) is 17.2 Å². The predicted octanol–water partition coefficient (Wildman–Crippen LogP) is 17.3. The summed E-state index contributed by atoms with van der Waals surface area (Å²) in [7, 11) is 0. The zero-order valence-electron chi connectivity index (χ0n) is 59.9. The highest BCUT2D eigenvalue weighted by molar-refractivity contribution is 6.65. The van der Waals surface area contributed by atoms with E-state index in [4.69, 9.17) is 4.74 Å². The Morgan fingerprint density at radius 3 is 1.09 bits per heavy atom. The molecule has 0 fully saturated rings. The summed E-state index contributed by atoms with van der Waals surface area (Å²) in [6, 6.07) is 67.8. The zero-order valence-corrected chi connectivity index (χ0v) is 59.9. The number of ketones is 7. The molecule has 20 heteroatoms. The van der Waals surface area contributed by atoms with Crippen LogP contribution in [0.4, 0.5) is 57.4 Å². The van der Waals surface area contributed by atoms with E-state index in [1.165, 1.54) is 18.2 Å². The van der Waals surface area contributed by atoms with Crippen LogP contribution >= 0.6 is 0 Å². The summed E-state index contributed by atoms with van der Waals surface area (Å²) >= 11 is 0. The van der Waals surface area contributed by atoms with Crippen LogP contribution in [0.5, 0.6) is 0 Å². The van der Waals surface area contributed by atoms with E-state index < -0.39 is 23.6 Å². The number of benzene rings is 9. The van der Waals surface area contributed by atoms with E-state index in [1.54, 1.807) is 50.2 Å². The maximum atomic E-state index is 12.9. The Morgan fingerprint density at radius 1 is 0.374 bits per heavy atom. The largest absolute Gasteiger partial charge is 0.461 e. The van der Waals surface area contributed by atoms with Gasteiger partial charge in [0.15, 0.2) is 51.9 Å². The molecule has 0 bridgehead atoms. The molecule has 0 radical (unpaired) electrons.